The van der Waals surface area contributed by atoms with E-state index in [0.29, 0.717) is 5.82 Å². The summed E-state index contributed by atoms with van der Waals surface area (Å²) in [5.41, 5.74) is 5.52. The number of amides is 1. The van der Waals surface area contributed by atoms with Crippen LogP contribution in [0.3, 0.4) is 0 Å². The number of fused-ring (bicyclic) bond motifs is 1. The molecule has 0 saturated carbocycles. The molecule has 3 rings (SSSR count). The Balaban J connectivity index is 1.70. The van der Waals surface area contributed by atoms with Crippen LogP contribution in [0.15, 0.2) is 53.6 Å². The summed E-state index contributed by atoms with van der Waals surface area (Å²) in [5, 5.41) is 12.6. The molecule has 0 radical (unpaired) electrons. The van der Waals surface area contributed by atoms with Crippen molar-refractivity contribution in [3.63, 3.8) is 0 Å². The van der Waals surface area contributed by atoms with E-state index < -0.39 is 12.0 Å². The third-order valence-corrected chi connectivity index (χ3v) is 5.34. The fourth-order valence-corrected chi connectivity index (χ4v) is 3.98. The number of nitrogens with two attached hydrogens (primary N) is 1. The SMILES string of the molecule is C[C@H](O)[C@H](CCSc1cccc2ccccc12)c1ncc(C(N)=O)[nH]1. The van der Waals surface area contributed by atoms with Gasteiger partial charge >= 0.3 is 0 Å². The van der Waals surface area contributed by atoms with E-state index in [1.165, 1.54) is 21.9 Å². The molecule has 0 unspecified atom stereocenters. The summed E-state index contributed by atoms with van der Waals surface area (Å²) in [6, 6.07) is 14.6. The highest BCUT2D eigenvalue weighted by atomic mass is 32.2. The number of carbonyl (C=O) groups excluding carboxylic acids is 1. The number of aromatic amines is 1. The van der Waals surface area contributed by atoms with Gasteiger partial charge in [-0.1, -0.05) is 36.4 Å². The average molecular weight is 355 g/mol. The van der Waals surface area contributed by atoms with E-state index in [9.17, 15) is 9.90 Å². The zero-order valence-electron chi connectivity index (χ0n) is 14.0. The molecule has 0 aliphatic rings. The Morgan fingerprint density at radius 1 is 1.28 bits per heavy atom. The standard InChI is InChI=1S/C19H21N3O2S/c1-12(23)14(19-21-11-16(22-19)18(20)24)9-10-25-17-8-4-6-13-5-2-3-7-15(13)17/h2-8,11-12,14,23H,9-10H2,1H3,(H2,20,24)(H,21,22)/t12-,14-/m0/s1. The van der Waals surface area contributed by atoms with Crippen molar-refractivity contribution in [3.8, 4) is 0 Å². The van der Waals surface area contributed by atoms with E-state index in [-0.39, 0.29) is 11.6 Å². The van der Waals surface area contributed by atoms with E-state index in [2.05, 4.69) is 40.3 Å². The van der Waals surface area contributed by atoms with Gasteiger partial charge in [0.25, 0.3) is 5.91 Å². The number of H-pyrrole nitrogens is 1. The molecule has 0 saturated heterocycles. The lowest BCUT2D eigenvalue weighted by Gasteiger charge is -2.17. The normalized spacial score (nSPS) is 13.7. The van der Waals surface area contributed by atoms with Crippen LogP contribution < -0.4 is 5.73 Å². The average Bonchev–Trinajstić information content (AvgIpc) is 3.08. The number of aromatic nitrogens is 2. The molecule has 3 aromatic rings. The first-order chi connectivity index (χ1) is 12.1. The van der Waals surface area contributed by atoms with Gasteiger partial charge in [0.1, 0.15) is 11.5 Å². The van der Waals surface area contributed by atoms with Crippen molar-refractivity contribution in [1.82, 2.24) is 9.97 Å². The summed E-state index contributed by atoms with van der Waals surface area (Å²) in [5.74, 6) is 0.710. The minimum atomic E-state index is -0.569. The van der Waals surface area contributed by atoms with Crippen molar-refractivity contribution in [3.05, 3.63) is 60.2 Å². The summed E-state index contributed by atoms with van der Waals surface area (Å²) in [6.07, 6.45) is 1.59. The number of thioether (sulfide) groups is 1. The number of rotatable bonds is 7. The third kappa shape index (κ3) is 4.03. The van der Waals surface area contributed by atoms with E-state index >= 15 is 0 Å². The van der Waals surface area contributed by atoms with Gasteiger partial charge in [-0.2, -0.15) is 0 Å². The highest BCUT2D eigenvalue weighted by molar-refractivity contribution is 7.99. The van der Waals surface area contributed by atoms with Crippen LogP contribution >= 0.6 is 11.8 Å². The highest BCUT2D eigenvalue weighted by Crippen LogP contribution is 2.31. The predicted octanol–water partition coefficient (Wildman–Crippen LogP) is 3.31. The van der Waals surface area contributed by atoms with Gasteiger partial charge in [0.15, 0.2) is 0 Å². The molecular formula is C19H21N3O2S. The van der Waals surface area contributed by atoms with Gasteiger partial charge < -0.3 is 15.8 Å². The van der Waals surface area contributed by atoms with E-state index in [0.717, 1.165) is 12.2 Å². The van der Waals surface area contributed by atoms with Crippen LogP contribution in [-0.2, 0) is 0 Å². The first kappa shape index (κ1) is 17.5. The van der Waals surface area contributed by atoms with Crippen LogP contribution in [0.5, 0.6) is 0 Å². The highest BCUT2D eigenvalue weighted by Gasteiger charge is 2.21. The molecule has 0 aliphatic heterocycles. The van der Waals surface area contributed by atoms with Gasteiger partial charge in [0.05, 0.1) is 12.3 Å². The number of hydrogen-bond acceptors (Lipinski definition) is 4. The Kier molecular flexibility index (Phi) is 5.40. The van der Waals surface area contributed by atoms with Crippen LogP contribution in [0.25, 0.3) is 10.8 Å². The Bertz CT molecular complexity index is 870. The maximum Gasteiger partial charge on any atom is 0.266 e. The van der Waals surface area contributed by atoms with Crippen molar-refractivity contribution in [2.24, 2.45) is 5.73 Å². The minimum absolute atomic E-state index is 0.171. The molecule has 0 fully saturated rings. The smallest absolute Gasteiger partial charge is 0.266 e. The molecular weight excluding hydrogens is 334 g/mol. The monoisotopic (exact) mass is 355 g/mol. The van der Waals surface area contributed by atoms with Crippen molar-refractivity contribution < 1.29 is 9.90 Å². The Labute approximate surface area is 150 Å². The molecule has 130 valence electrons. The second-order valence-electron chi connectivity index (χ2n) is 6.01. The number of nitrogens with zero attached hydrogens (tertiary/aromatic N) is 1. The van der Waals surface area contributed by atoms with E-state index in [1.54, 1.807) is 18.7 Å². The fourth-order valence-electron chi connectivity index (χ4n) is 2.87. The summed E-state index contributed by atoms with van der Waals surface area (Å²) in [6.45, 7) is 1.74. The van der Waals surface area contributed by atoms with Crippen molar-refractivity contribution in [2.45, 2.75) is 30.3 Å². The Morgan fingerprint density at radius 2 is 2.04 bits per heavy atom. The summed E-state index contributed by atoms with van der Waals surface area (Å²) in [7, 11) is 0. The molecule has 0 spiro atoms. The maximum atomic E-state index is 11.2. The topological polar surface area (TPSA) is 92.0 Å². The van der Waals surface area contributed by atoms with Crippen molar-refractivity contribution in [2.75, 3.05) is 5.75 Å². The molecule has 4 N–H and O–H groups in total. The number of aliphatic hydroxyl groups is 1. The Morgan fingerprint density at radius 3 is 2.76 bits per heavy atom. The van der Waals surface area contributed by atoms with Gasteiger partial charge in [0, 0.05) is 10.8 Å². The summed E-state index contributed by atoms with van der Waals surface area (Å²) < 4.78 is 0. The second kappa shape index (κ2) is 7.72. The fraction of sp³-hybridized carbons (Fsp3) is 0.263. The second-order valence-corrected chi connectivity index (χ2v) is 7.14. The zero-order valence-corrected chi connectivity index (χ0v) is 14.8. The number of hydrogen-bond donors (Lipinski definition) is 3. The van der Waals surface area contributed by atoms with Gasteiger partial charge in [-0.3, -0.25) is 4.79 Å². The lowest BCUT2D eigenvalue weighted by molar-refractivity contribution is 0.0995. The predicted molar refractivity (Wildman–Crippen MR) is 101 cm³/mol. The van der Waals surface area contributed by atoms with Gasteiger partial charge in [-0.15, -0.1) is 11.8 Å². The van der Waals surface area contributed by atoms with Crippen LogP contribution in [0, 0.1) is 0 Å². The van der Waals surface area contributed by atoms with Crippen molar-refractivity contribution in [1.29, 1.82) is 0 Å². The van der Waals surface area contributed by atoms with Gasteiger partial charge in [-0.25, -0.2) is 4.98 Å². The van der Waals surface area contributed by atoms with Gasteiger partial charge in [-0.05, 0) is 35.9 Å². The zero-order chi connectivity index (χ0) is 17.8. The Hall–Kier alpha value is -2.31. The summed E-state index contributed by atoms with van der Waals surface area (Å²) >= 11 is 1.76. The number of aliphatic hydroxyl groups excluding tert-OH is 1. The molecule has 1 heterocycles. The largest absolute Gasteiger partial charge is 0.393 e. The third-order valence-electron chi connectivity index (χ3n) is 4.23. The van der Waals surface area contributed by atoms with Crippen LogP contribution in [0.4, 0.5) is 0 Å². The van der Waals surface area contributed by atoms with E-state index in [1.807, 2.05) is 12.1 Å². The maximum absolute atomic E-state index is 11.2. The molecule has 0 bridgehead atoms. The quantitative estimate of drug-likeness (QED) is 0.567. The first-order valence-corrected chi connectivity index (χ1v) is 9.18. The molecule has 1 amide bonds. The molecule has 6 heteroatoms. The van der Waals surface area contributed by atoms with Gasteiger partial charge in [0.2, 0.25) is 0 Å². The number of benzene rings is 2. The molecule has 5 nitrogen and oxygen atoms in total. The van der Waals surface area contributed by atoms with Crippen LogP contribution in [-0.4, -0.2) is 32.8 Å². The molecule has 25 heavy (non-hydrogen) atoms. The lowest BCUT2D eigenvalue weighted by atomic mass is 10.0. The minimum Gasteiger partial charge on any atom is -0.393 e. The summed E-state index contributed by atoms with van der Waals surface area (Å²) in [4.78, 5) is 19.6. The number of primary amides is 1. The molecule has 0 aliphatic carbocycles. The first-order valence-electron chi connectivity index (χ1n) is 8.19. The lowest BCUT2D eigenvalue weighted by Crippen LogP contribution is -2.18. The number of imidazole rings is 1. The van der Waals surface area contributed by atoms with Crippen LogP contribution in [0.1, 0.15) is 35.6 Å². The van der Waals surface area contributed by atoms with Crippen LogP contribution in [0.2, 0.25) is 0 Å². The molecule has 2 atom stereocenters. The van der Waals surface area contributed by atoms with Crippen molar-refractivity contribution >= 4 is 28.4 Å². The molecule has 2 aromatic carbocycles. The number of carbonyl (C=O) groups is 1. The van der Waals surface area contributed by atoms with E-state index in [4.69, 9.17) is 5.73 Å². The molecule has 1 aromatic heterocycles. The number of nitrogens with one attached hydrogen (secondary N) is 1.